The second-order valence-electron chi connectivity index (χ2n) is 2.88. The molecule has 5 heteroatoms. The Morgan fingerprint density at radius 3 is 2.71 bits per heavy atom. The summed E-state index contributed by atoms with van der Waals surface area (Å²) in [6.45, 7) is 0. The van der Waals surface area contributed by atoms with Crippen molar-refractivity contribution in [3.05, 3.63) is 27.8 Å². The number of halogens is 2. The molecule has 4 N–H and O–H groups in total. The van der Waals surface area contributed by atoms with Crippen molar-refractivity contribution in [2.45, 2.75) is 0 Å². The zero-order valence-corrected chi connectivity index (χ0v) is 9.43. The summed E-state index contributed by atoms with van der Waals surface area (Å²) in [5, 5.41) is 1.33. The zero-order valence-electron chi connectivity index (χ0n) is 7.09. The molecule has 0 aliphatic carbocycles. The van der Waals surface area contributed by atoms with Crippen molar-refractivity contribution in [1.29, 1.82) is 0 Å². The smallest absolute Gasteiger partial charge is 0.0922 e. The summed E-state index contributed by atoms with van der Waals surface area (Å²) in [6, 6.07) is 3.66. The van der Waals surface area contributed by atoms with Crippen LogP contribution in [0.4, 0.5) is 11.4 Å². The van der Waals surface area contributed by atoms with Gasteiger partial charge in [0.25, 0.3) is 0 Å². The Kier molecular flexibility index (Phi) is 2.25. The van der Waals surface area contributed by atoms with Crippen molar-refractivity contribution in [2.24, 2.45) is 0 Å². The number of aromatic nitrogens is 1. The maximum Gasteiger partial charge on any atom is 0.0922 e. The van der Waals surface area contributed by atoms with E-state index in [0.29, 0.717) is 21.9 Å². The summed E-state index contributed by atoms with van der Waals surface area (Å²) in [5.41, 5.74) is 13.1. The molecule has 1 aromatic heterocycles. The van der Waals surface area contributed by atoms with E-state index in [2.05, 4.69) is 20.9 Å². The van der Waals surface area contributed by atoms with Crippen LogP contribution in [0.3, 0.4) is 0 Å². The zero-order chi connectivity index (χ0) is 10.3. The van der Waals surface area contributed by atoms with Gasteiger partial charge in [-0.1, -0.05) is 11.6 Å². The Hall–Kier alpha value is -1.00. The number of nitrogens with zero attached hydrogens (tertiary/aromatic N) is 1. The molecule has 0 unspecified atom stereocenters. The first-order chi connectivity index (χ1) is 6.61. The third-order valence-electron chi connectivity index (χ3n) is 2.00. The molecule has 0 aliphatic heterocycles. The number of anilines is 2. The molecular weight excluding hydrogens is 265 g/mol. The van der Waals surface area contributed by atoms with Gasteiger partial charge >= 0.3 is 0 Å². The quantitative estimate of drug-likeness (QED) is 0.775. The van der Waals surface area contributed by atoms with Crippen molar-refractivity contribution in [3.8, 4) is 0 Å². The van der Waals surface area contributed by atoms with Gasteiger partial charge in [-0.05, 0) is 28.1 Å². The van der Waals surface area contributed by atoms with Crippen molar-refractivity contribution in [3.63, 3.8) is 0 Å². The third kappa shape index (κ3) is 1.31. The minimum Gasteiger partial charge on any atom is -0.396 e. The standard InChI is InChI=1S/C9H7BrClN3/c10-5-2-1-4-8(13)6(12)3-14-9(4)7(5)11/h1-3H,12H2,(H2,13,14). The number of nitrogen functional groups attached to an aromatic ring is 2. The van der Waals surface area contributed by atoms with E-state index in [1.807, 2.05) is 12.1 Å². The first kappa shape index (κ1) is 9.55. The maximum absolute atomic E-state index is 6.04. The molecule has 0 aliphatic rings. The number of rotatable bonds is 0. The number of benzene rings is 1. The van der Waals surface area contributed by atoms with Crippen LogP contribution in [0.25, 0.3) is 10.9 Å². The van der Waals surface area contributed by atoms with E-state index in [1.54, 1.807) is 0 Å². The number of fused-ring (bicyclic) bond motifs is 1. The molecule has 0 fully saturated rings. The highest BCUT2D eigenvalue weighted by atomic mass is 79.9. The topological polar surface area (TPSA) is 64.9 Å². The summed E-state index contributed by atoms with van der Waals surface area (Å²) in [7, 11) is 0. The minimum absolute atomic E-state index is 0.468. The molecule has 0 radical (unpaired) electrons. The molecule has 0 saturated carbocycles. The SMILES string of the molecule is Nc1cnc2c(Cl)c(Br)ccc2c1N. The Balaban J connectivity index is 2.94. The normalized spacial score (nSPS) is 10.7. The van der Waals surface area contributed by atoms with Gasteiger partial charge in [0.15, 0.2) is 0 Å². The van der Waals surface area contributed by atoms with Crippen LogP contribution in [0.2, 0.25) is 5.02 Å². The van der Waals surface area contributed by atoms with Crippen LogP contribution < -0.4 is 11.5 Å². The number of hydrogen-bond donors (Lipinski definition) is 2. The predicted molar refractivity (Wildman–Crippen MR) is 63.3 cm³/mol. The van der Waals surface area contributed by atoms with Crippen LogP contribution in [-0.2, 0) is 0 Å². The van der Waals surface area contributed by atoms with Crippen molar-refractivity contribution < 1.29 is 0 Å². The first-order valence-electron chi connectivity index (χ1n) is 3.89. The van der Waals surface area contributed by atoms with Gasteiger partial charge < -0.3 is 11.5 Å². The van der Waals surface area contributed by atoms with E-state index >= 15 is 0 Å². The van der Waals surface area contributed by atoms with Crippen molar-refractivity contribution in [2.75, 3.05) is 11.5 Å². The molecule has 0 bridgehead atoms. The molecule has 1 aromatic carbocycles. The summed E-state index contributed by atoms with van der Waals surface area (Å²) >= 11 is 9.36. The van der Waals surface area contributed by atoms with Gasteiger partial charge in [0.05, 0.1) is 28.1 Å². The van der Waals surface area contributed by atoms with E-state index in [4.69, 9.17) is 23.1 Å². The second kappa shape index (κ2) is 3.29. The van der Waals surface area contributed by atoms with E-state index in [9.17, 15) is 0 Å². The molecule has 3 nitrogen and oxygen atoms in total. The second-order valence-corrected chi connectivity index (χ2v) is 4.12. The molecule has 0 amide bonds. The molecule has 2 rings (SSSR count). The van der Waals surface area contributed by atoms with Gasteiger partial charge in [0.2, 0.25) is 0 Å². The van der Waals surface area contributed by atoms with Gasteiger partial charge in [-0.2, -0.15) is 0 Å². The number of nitrogens with two attached hydrogens (primary N) is 2. The lowest BCUT2D eigenvalue weighted by Crippen LogP contribution is -1.97. The minimum atomic E-state index is 0.468. The van der Waals surface area contributed by atoms with E-state index in [1.165, 1.54) is 6.20 Å². The molecular formula is C9H7BrClN3. The molecule has 0 saturated heterocycles. The monoisotopic (exact) mass is 271 g/mol. The van der Waals surface area contributed by atoms with Crippen LogP contribution in [0.5, 0.6) is 0 Å². The van der Waals surface area contributed by atoms with Gasteiger partial charge in [-0.3, -0.25) is 4.98 Å². The summed E-state index contributed by atoms with van der Waals surface area (Å²) in [4.78, 5) is 4.14. The van der Waals surface area contributed by atoms with Gasteiger partial charge in [-0.25, -0.2) is 0 Å². The Labute approximate surface area is 94.2 Å². The van der Waals surface area contributed by atoms with Gasteiger partial charge in [0.1, 0.15) is 0 Å². The Morgan fingerprint density at radius 2 is 2.00 bits per heavy atom. The van der Waals surface area contributed by atoms with Crippen molar-refractivity contribution >= 4 is 49.8 Å². The lowest BCUT2D eigenvalue weighted by Gasteiger charge is -2.06. The highest BCUT2D eigenvalue weighted by molar-refractivity contribution is 9.10. The van der Waals surface area contributed by atoms with Crippen LogP contribution >= 0.6 is 27.5 Å². The average molecular weight is 273 g/mol. The fourth-order valence-electron chi connectivity index (χ4n) is 1.24. The summed E-state index contributed by atoms with van der Waals surface area (Å²) < 4.78 is 0.795. The van der Waals surface area contributed by atoms with Crippen LogP contribution in [0.1, 0.15) is 0 Å². The molecule has 1 heterocycles. The molecule has 14 heavy (non-hydrogen) atoms. The van der Waals surface area contributed by atoms with E-state index in [0.717, 1.165) is 9.86 Å². The van der Waals surface area contributed by atoms with Crippen LogP contribution in [0, 0.1) is 0 Å². The van der Waals surface area contributed by atoms with Crippen molar-refractivity contribution in [1.82, 2.24) is 4.98 Å². The summed E-state index contributed by atoms with van der Waals surface area (Å²) in [5.74, 6) is 0. The molecule has 0 atom stereocenters. The first-order valence-corrected chi connectivity index (χ1v) is 5.06. The lowest BCUT2D eigenvalue weighted by molar-refractivity contribution is 1.41. The van der Waals surface area contributed by atoms with E-state index in [-0.39, 0.29) is 0 Å². The summed E-state index contributed by atoms with van der Waals surface area (Å²) in [6.07, 6.45) is 1.51. The maximum atomic E-state index is 6.04. The number of pyridine rings is 1. The van der Waals surface area contributed by atoms with Gasteiger partial charge in [0, 0.05) is 9.86 Å². The largest absolute Gasteiger partial charge is 0.396 e. The lowest BCUT2D eigenvalue weighted by atomic mass is 10.2. The van der Waals surface area contributed by atoms with Gasteiger partial charge in [-0.15, -0.1) is 0 Å². The fourth-order valence-corrected chi connectivity index (χ4v) is 1.78. The highest BCUT2D eigenvalue weighted by Gasteiger charge is 2.08. The Morgan fingerprint density at radius 1 is 1.29 bits per heavy atom. The third-order valence-corrected chi connectivity index (χ3v) is 3.27. The van der Waals surface area contributed by atoms with Crippen LogP contribution in [0.15, 0.2) is 22.8 Å². The number of hydrogen-bond acceptors (Lipinski definition) is 3. The predicted octanol–water partition coefficient (Wildman–Crippen LogP) is 2.82. The highest BCUT2D eigenvalue weighted by Crippen LogP contribution is 2.33. The molecule has 2 aromatic rings. The molecule has 0 spiro atoms. The molecule has 72 valence electrons. The van der Waals surface area contributed by atoms with E-state index < -0.39 is 0 Å². The Bertz CT molecular complexity index is 466. The fraction of sp³-hybridized carbons (Fsp3) is 0. The van der Waals surface area contributed by atoms with Crippen LogP contribution in [-0.4, -0.2) is 4.98 Å². The average Bonchev–Trinajstić information content (AvgIpc) is 2.17.